The molecule has 0 saturated heterocycles. The standard InChI is InChI=1S/2C47H28N4.C41H24N4/c1-3-12-30(13-4-1)45-48-46(31-14-5-2-6-15-31)50-47(49-45)34-19-9-20-35(26-34)51-40-23-11-22-37-39-28-33-17-8-7-16-32(33)27-38(39)36-21-10-18-29-24-25-41(51)44(42(29)36)43(37)40;1-3-11-30(12-4-1)45-48-46(31-13-5-2-6-14-31)50-47(49-45)32-21-24-35(25-22-32)51-40-20-10-19-37-39-28-34-16-8-7-15-33(34)27-38(39)36-18-9-17-29-23-26-41(51)44(42(29)36)43(37)40;1-3-11-26(12-4-1)39-42-40(27-13-5-2-6-14-27)44-41(43-39)45-34-20-10-19-31-33-24-29-16-8-7-15-28(29)23-32(33)30-18-9-17-25-21-22-35(45)38(36(25)30)37(31)34/h2*1-28H;1-24H. The molecule has 12 nitrogen and oxygen atoms in total. The summed E-state index contributed by atoms with van der Waals surface area (Å²) in [5.74, 6) is 5.81. The summed E-state index contributed by atoms with van der Waals surface area (Å²) in [4.78, 5) is 45.1. The number of benzene rings is 23. The van der Waals surface area contributed by atoms with Crippen molar-refractivity contribution < 1.29 is 0 Å². The third kappa shape index (κ3) is 13.4. The van der Waals surface area contributed by atoms with Gasteiger partial charge in [-0.15, -0.1) is 0 Å². The Morgan fingerprint density at radius 1 is 0.116 bits per heavy atom. The smallest absolute Gasteiger partial charge is 0.238 e. The van der Waals surface area contributed by atoms with Gasteiger partial charge in [0, 0.05) is 88.2 Å². The van der Waals surface area contributed by atoms with Gasteiger partial charge >= 0.3 is 0 Å². The summed E-state index contributed by atoms with van der Waals surface area (Å²) in [5, 5.41) is 22.7. The van der Waals surface area contributed by atoms with Gasteiger partial charge in [0.2, 0.25) is 5.95 Å². The summed E-state index contributed by atoms with van der Waals surface area (Å²) >= 11 is 0. The highest BCUT2D eigenvalue weighted by Crippen LogP contribution is 2.56. The first kappa shape index (κ1) is 82.9. The molecule has 0 N–H and O–H groups in total. The van der Waals surface area contributed by atoms with Crippen LogP contribution in [0.1, 0.15) is 0 Å². The second-order valence-corrected chi connectivity index (χ2v) is 38.1. The summed E-state index contributed by atoms with van der Waals surface area (Å²) < 4.78 is 7.06. The van der Waals surface area contributed by atoms with Crippen molar-refractivity contribution in [3.63, 3.8) is 0 Å². The predicted molar refractivity (Wildman–Crippen MR) is 604 cm³/mol. The number of hydrogen-bond donors (Lipinski definition) is 0. The van der Waals surface area contributed by atoms with Gasteiger partial charge in [-0.05, 0) is 241 Å². The minimum Gasteiger partial charge on any atom is -0.309 e. The van der Waals surface area contributed by atoms with Gasteiger partial charge in [-0.2, -0.15) is 9.97 Å². The molecule has 0 saturated carbocycles. The van der Waals surface area contributed by atoms with Crippen LogP contribution < -0.4 is 0 Å². The third-order valence-corrected chi connectivity index (χ3v) is 29.8. The van der Waals surface area contributed by atoms with Gasteiger partial charge in [0.1, 0.15) is 0 Å². The number of rotatable bonds is 11. The molecule has 147 heavy (non-hydrogen) atoms. The molecule has 12 heteroatoms. The molecule has 0 radical (unpaired) electrons. The van der Waals surface area contributed by atoms with Crippen LogP contribution in [0, 0.1) is 0 Å². The Labute approximate surface area is 843 Å². The van der Waals surface area contributed by atoms with Gasteiger partial charge in [-0.1, -0.05) is 376 Å². The fourth-order valence-corrected chi connectivity index (χ4v) is 23.3. The highest BCUT2D eigenvalue weighted by molar-refractivity contribution is 6.34. The van der Waals surface area contributed by atoms with E-state index in [0.717, 1.165) is 66.9 Å². The molecule has 6 heterocycles. The van der Waals surface area contributed by atoms with E-state index in [4.69, 9.17) is 44.9 Å². The Morgan fingerprint density at radius 3 is 0.639 bits per heavy atom. The first-order valence-corrected chi connectivity index (χ1v) is 49.8. The second-order valence-electron chi connectivity index (χ2n) is 38.1. The van der Waals surface area contributed by atoms with Crippen molar-refractivity contribution in [3.8, 4) is 175 Å². The molecule has 0 spiro atoms. The topological polar surface area (TPSA) is 131 Å². The van der Waals surface area contributed by atoms with Gasteiger partial charge in [0.15, 0.2) is 46.6 Å². The van der Waals surface area contributed by atoms with Crippen molar-refractivity contribution in [3.05, 3.63) is 485 Å². The lowest BCUT2D eigenvalue weighted by Gasteiger charge is -2.15. The zero-order chi connectivity index (χ0) is 96.4. The molecule has 0 atom stereocenters. The lowest BCUT2D eigenvalue weighted by atomic mass is 9.91. The van der Waals surface area contributed by atoms with Gasteiger partial charge in [-0.3, -0.25) is 4.57 Å². The summed E-state index contributed by atoms with van der Waals surface area (Å²) in [7, 11) is 0. The average molecular weight is 1870 g/mol. The largest absolute Gasteiger partial charge is 0.309 e. The monoisotopic (exact) mass is 1870 g/mol. The molecule has 29 aromatic rings. The fourth-order valence-electron chi connectivity index (χ4n) is 23.3. The van der Waals surface area contributed by atoms with Gasteiger partial charge in [0.25, 0.3) is 0 Å². The minimum atomic E-state index is 0.607. The lowest BCUT2D eigenvalue weighted by Crippen LogP contribution is -2.06. The van der Waals surface area contributed by atoms with E-state index in [2.05, 4.69) is 341 Å². The van der Waals surface area contributed by atoms with E-state index < -0.39 is 0 Å². The van der Waals surface area contributed by atoms with Crippen molar-refractivity contribution in [1.82, 2.24) is 58.6 Å². The third-order valence-electron chi connectivity index (χ3n) is 29.8. The number of fused-ring (bicyclic) bond motifs is 12. The maximum absolute atomic E-state index is 5.15. The first-order chi connectivity index (χ1) is 72.9. The van der Waals surface area contributed by atoms with Crippen molar-refractivity contribution >= 4 is 130 Å². The molecule has 0 amide bonds. The quantitative estimate of drug-likeness (QED) is 0.124. The Kier molecular flexibility index (Phi) is 18.8. The van der Waals surface area contributed by atoms with Crippen molar-refractivity contribution in [2.24, 2.45) is 0 Å². The van der Waals surface area contributed by atoms with E-state index in [1.165, 1.54) is 186 Å². The summed E-state index contributed by atoms with van der Waals surface area (Å²) in [6.45, 7) is 0. The van der Waals surface area contributed by atoms with E-state index in [-0.39, 0.29) is 0 Å². The number of aromatic nitrogens is 12. The maximum atomic E-state index is 5.15. The van der Waals surface area contributed by atoms with E-state index in [1.807, 2.05) is 158 Å². The maximum Gasteiger partial charge on any atom is 0.238 e. The molecule has 0 unspecified atom stereocenters. The van der Waals surface area contributed by atoms with E-state index in [9.17, 15) is 0 Å². The molecule has 0 fully saturated rings. The van der Waals surface area contributed by atoms with Crippen LogP contribution in [0.25, 0.3) is 305 Å². The second kappa shape index (κ2) is 33.4. The van der Waals surface area contributed by atoms with E-state index >= 15 is 0 Å². The zero-order valence-corrected chi connectivity index (χ0v) is 79.1. The van der Waals surface area contributed by atoms with Crippen LogP contribution in [-0.2, 0) is 0 Å². The zero-order valence-electron chi connectivity index (χ0n) is 79.1. The van der Waals surface area contributed by atoms with Crippen molar-refractivity contribution in [2.75, 3.05) is 0 Å². The minimum absolute atomic E-state index is 0.607. The molecule has 6 aromatic heterocycles. The van der Waals surface area contributed by atoms with Crippen LogP contribution in [0.5, 0.6) is 0 Å². The van der Waals surface area contributed by atoms with Crippen LogP contribution in [0.15, 0.2) is 485 Å². The van der Waals surface area contributed by atoms with Gasteiger partial charge < -0.3 is 9.13 Å². The Bertz CT molecular complexity index is 10400. The van der Waals surface area contributed by atoms with Crippen LogP contribution in [0.4, 0.5) is 0 Å². The molecule has 3 aliphatic rings. The Balaban J connectivity index is 0.000000102. The molecule has 0 aliphatic heterocycles. The summed E-state index contributed by atoms with van der Waals surface area (Å²) in [6, 6.07) is 172. The van der Waals surface area contributed by atoms with Crippen LogP contribution in [0.3, 0.4) is 0 Å². The predicted octanol–water partition coefficient (Wildman–Crippen LogP) is 34.1. The van der Waals surface area contributed by atoms with E-state index in [0.29, 0.717) is 52.5 Å². The highest BCUT2D eigenvalue weighted by atomic mass is 15.2. The van der Waals surface area contributed by atoms with Crippen LogP contribution in [0.2, 0.25) is 0 Å². The highest BCUT2D eigenvalue weighted by Gasteiger charge is 2.32. The SMILES string of the molecule is c1ccc(-c2nc(-c3ccccc3)nc(-c3ccc(-n4c5cccc6c5c5c7c(cccc7ccc54)-c4cc5ccccc5cc4-6)cc3)n2)cc1.c1ccc(-c2nc(-c3ccccc3)nc(-c3cccc(-n4c5cccc6c5c5c7c(cccc7ccc54)-c4cc5ccccc5cc4-6)c3)n2)cc1.c1ccc(-c2nc(-c3ccccc3)nc(-n3c4cccc5c4c4c6c(cccc6ccc43)-c3cc4ccccc4cc3-5)n2)cc1. The molecule has 680 valence electrons. The normalized spacial score (nSPS) is 11.9. The van der Waals surface area contributed by atoms with E-state index in [1.54, 1.807) is 0 Å². The molecule has 3 aliphatic carbocycles. The molecular weight excluding hydrogens is 1790 g/mol. The average Bonchev–Trinajstić information content (AvgIpc) is 1.55. The van der Waals surface area contributed by atoms with Gasteiger partial charge in [0.05, 0.1) is 33.1 Å². The summed E-state index contributed by atoms with van der Waals surface area (Å²) in [6.07, 6.45) is 0. The number of hydrogen-bond acceptors (Lipinski definition) is 9. The number of nitrogens with zero attached hydrogens (tertiary/aromatic N) is 12. The molecule has 32 rings (SSSR count). The Morgan fingerprint density at radius 2 is 0.333 bits per heavy atom. The summed E-state index contributed by atoms with van der Waals surface area (Å²) in [5.41, 5.74) is 31.8. The lowest BCUT2D eigenvalue weighted by molar-refractivity contribution is 0.953. The van der Waals surface area contributed by atoms with Crippen molar-refractivity contribution in [2.45, 2.75) is 0 Å². The molecule has 23 aromatic carbocycles. The van der Waals surface area contributed by atoms with Crippen LogP contribution >= 0.6 is 0 Å². The van der Waals surface area contributed by atoms with Crippen LogP contribution in [-0.4, -0.2) is 58.6 Å². The van der Waals surface area contributed by atoms with Crippen molar-refractivity contribution in [1.29, 1.82) is 0 Å². The van der Waals surface area contributed by atoms with Gasteiger partial charge in [-0.25, -0.2) is 34.9 Å². The molecule has 0 bridgehead atoms. The molecular formula is C135H80N12. The fraction of sp³-hybridized carbons (Fsp3) is 0. The first-order valence-electron chi connectivity index (χ1n) is 49.8. The Hall–Kier alpha value is -20.0.